The number of hydrogen-bond acceptors (Lipinski definition) is 2. The molecule has 0 saturated heterocycles. The van der Waals surface area contributed by atoms with E-state index in [0.717, 1.165) is 27.3 Å². The lowest BCUT2D eigenvalue weighted by molar-refractivity contribution is 0.509. The van der Waals surface area contributed by atoms with Crippen LogP contribution in [0.3, 0.4) is 0 Å². The van der Waals surface area contributed by atoms with E-state index in [2.05, 4.69) is 0 Å². The zero-order valence-electron chi connectivity index (χ0n) is 8.17. The van der Waals surface area contributed by atoms with Crippen molar-refractivity contribution in [3.8, 4) is 0 Å². The van der Waals surface area contributed by atoms with Crippen molar-refractivity contribution in [2.24, 2.45) is 5.73 Å². The molecule has 74 valence electrons. The number of hydrogen-bond donors (Lipinski definition) is 1. The number of fused-ring (bicyclic) bond motifs is 1. The molecule has 3 heteroatoms. The maximum Gasteiger partial charge on any atom is 0.134 e. The second kappa shape index (κ2) is 3.30. The van der Waals surface area contributed by atoms with Crippen molar-refractivity contribution in [2.45, 2.75) is 19.9 Å². The van der Waals surface area contributed by atoms with Crippen LogP contribution in [0.15, 0.2) is 22.6 Å². The largest absolute Gasteiger partial charge is 0.459 e. The molecule has 1 aromatic carbocycles. The number of nitrogens with two attached hydrogens (primary N) is 1. The van der Waals surface area contributed by atoms with Gasteiger partial charge in [-0.25, -0.2) is 0 Å². The van der Waals surface area contributed by atoms with E-state index in [-0.39, 0.29) is 6.04 Å². The highest BCUT2D eigenvalue weighted by Crippen LogP contribution is 2.30. The van der Waals surface area contributed by atoms with Crippen molar-refractivity contribution >= 4 is 22.6 Å². The Bertz CT molecular complexity index is 473. The van der Waals surface area contributed by atoms with E-state index >= 15 is 0 Å². The minimum Gasteiger partial charge on any atom is -0.459 e. The normalized spacial score (nSPS) is 13.4. The maximum atomic E-state index is 5.91. The molecule has 0 radical (unpaired) electrons. The summed E-state index contributed by atoms with van der Waals surface area (Å²) in [6.45, 7) is 3.91. The van der Waals surface area contributed by atoms with Crippen molar-refractivity contribution < 1.29 is 4.42 Å². The molecule has 0 bridgehead atoms. The summed E-state index contributed by atoms with van der Waals surface area (Å²) in [5.41, 5.74) is 7.72. The van der Waals surface area contributed by atoms with Crippen LogP contribution in [0.1, 0.15) is 24.3 Å². The van der Waals surface area contributed by atoms with E-state index in [0.29, 0.717) is 0 Å². The quantitative estimate of drug-likeness (QED) is 0.782. The Morgan fingerprint density at radius 3 is 2.79 bits per heavy atom. The summed E-state index contributed by atoms with van der Waals surface area (Å²) in [6, 6.07) is 5.51. The van der Waals surface area contributed by atoms with Crippen LogP contribution in [0, 0.1) is 6.92 Å². The average molecular weight is 210 g/mol. The summed E-state index contributed by atoms with van der Waals surface area (Å²) in [4.78, 5) is 0. The zero-order valence-corrected chi connectivity index (χ0v) is 8.93. The van der Waals surface area contributed by atoms with Gasteiger partial charge in [0.25, 0.3) is 0 Å². The summed E-state index contributed by atoms with van der Waals surface area (Å²) in [5, 5.41) is 1.77. The molecule has 0 aliphatic heterocycles. The third kappa shape index (κ3) is 1.41. The highest BCUT2D eigenvalue weighted by Gasteiger charge is 2.13. The Hall–Kier alpha value is -0.990. The van der Waals surface area contributed by atoms with Crippen LogP contribution < -0.4 is 5.73 Å². The second-order valence-corrected chi connectivity index (χ2v) is 3.96. The molecule has 2 nitrogen and oxygen atoms in total. The van der Waals surface area contributed by atoms with Crippen LogP contribution >= 0.6 is 11.6 Å². The molecule has 2 aromatic rings. The molecule has 14 heavy (non-hydrogen) atoms. The summed E-state index contributed by atoms with van der Waals surface area (Å²) < 4.78 is 5.63. The van der Waals surface area contributed by atoms with E-state index in [4.69, 9.17) is 21.8 Å². The first-order valence-electron chi connectivity index (χ1n) is 4.53. The third-order valence-corrected chi connectivity index (χ3v) is 2.58. The molecule has 1 heterocycles. The van der Waals surface area contributed by atoms with Crippen molar-refractivity contribution in [2.75, 3.05) is 0 Å². The highest BCUT2D eigenvalue weighted by atomic mass is 35.5. The summed E-state index contributed by atoms with van der Waals surface area (Å²) in [6.07, 6.45) is 0. The lowest BCUT2D eigenvalue weighted by Crippen LogP contribution is -2.04. The van der Waals surface area contributed by atoms with Crippen LogP contribution in [-0.4, -0.2) is 0 Å². The van der Waals surface area contributed by atoms with E-state index in [1.807, 2.05) is 32.0 Å². The first-order valence-corrected chi connectivity index (χ1v) is 4.91. The number of halogens is 1. The van der Waals surface area contributed by atoms with Gasteiger partial charge in [-0.2, -0.15) is 0 Å². The fourth-order valence-electron chi connectivity index (χ4n) is 1.65. The van der Waals surface area contributed by atoms with Gasteiger partial charge in [-0.05, 0) is 32.0 Å². The Balaban J connectivity index is 2.74. The molecule has 0 aliphatic carbocycles. The fraction of sp³-hybridized carbons (Fsp3) is 0.273. The molecule has 0 fully saturated rings. The van der Waals surface area contributed by atoms with Crippen LogP contribution in [0.4, 0.5) is 0 Å². The summed E-state index contributed by atoms with van der Waals surface area (Å²) >= 11 is 5.91. The number of rotatable bonds is 1. The molecular weight excluding hydrogens is 198 g/mol. The van der Waals surface area contributed by atoms with E-state index in [1.54, 1.807) is 0 Å². The first-order chi connectivity index (χ1) is 6.59. The summed E-state index contributed by atoms with van der Waals surface area (Å²) in [7, 11) is 0. The van der Waals surface area contributed by atoms with Crippen molar-refractivity contribution in [3.63, 3.8) is 0 Å². The SMILES string of the molecule is Cc1c(C(C)N)oc2ccc(Cl)cc12. The van der Waals surface area contributed by atoms with Gasteiger partial charge in [-0.3, -0.25) is 0 Å². The van der Waals surface area contributed by atoms with E-state index in [1.165, 1.54) is 0 Å². The minimum atomic E-state index is -0.0822. The van der Waals surface area contributed by atoms with Crippen molar-refractivity contribution in [1.29, 1.82) is 0 Å². The standard InChI is InChI=1S/C11H12ClNO/c1-6-9-5-8(12)3-4-10(9)14-11(6)7(2)13/h3-5,7H,13H2,1-2H3. The van der Waals surface area contributed by atoms with Gasteiger partial charge in [-0.15, -0.1) is 0 Å². The van der Waals surface area contributed by atoms with Gasteiger partial charge in [0.05, 0.1) is 6.04 Å². The molecule has 1 aromatic heterocycles. The molecular formula is C11H12ClNO. The number of furan rings is 1. The second-order valence-electron chi connectivity index (χ2n) is 3.52. The molecule has 0 aliphatic rings. The third-order valence-electron chi connectivity index (χ3n) is 2.35. The predicted octanol–water partition coefficient (Wildman–Crippen LogP) is 3.41. The van der Waals surface area contributed by atoms with Gasteiger partial charge < -0.3 is 10.2 Å². The van der Waals surface area contributed by atoms with Crippen LogP contribution in [0.25, 0.3) is 11.0 Å². The van der Waals surface area contributed by atoms with Gasteiger partial charge >= 0.3 is 0 Å². The van der Waals surface area contributed by atoms with Crippen LogP contribution in [0.2, 0.25) is 5.02 Å². The lowest BCUT2D eigenvalue weighted by Gasteiger charge is -2.00. The average Bonchev–Trinajstić information content (AvgIpc) is 2.44. The number of aryl methyl sites for hydroxylation is 1. The van der Waals surface area contributed by atoms with Gasteiger partial charge in [0, 0.05) is 16.0 Å². The molecule has 0 saturated carbocycles. The van der Waals surface area contributed by atoms with Crippen molar-refractivity contribution in [3.05, 3.63) is 34.5 Å². The Kier molecular flexibility index (Phi) is 2.25. The molecule has 1 unspecified atom stereocenters. The van der Waals surface area contributed by atoms with Gasteiger partial charge in [0.15, 0.2) is 0 Å². The lowest BCUT2D eigenvalue weighted by atomic mass is 10.1. The molecule has 2 N–H and O–H groups in total. The fourth-order valence-corrected chi connectivity index (χ4v) is 1.82. The molecule has 0 spiro atoms. The monoisotopic (exact) mass is 209 g/mol. The Morgan fingerprint density at radius 2 is 2.14 bits per heavy atom. The van der Waals surface area contributed by atoms with Crippen molar-refractivity contribution in [1.82, 2.24) is 0 Å². The maximum absolute atomic E-state index is 5.91. The molecule has 1 atom stereocenters. The smallest absolute Gasteiger partial charge is 0.134 e. The van der Waals surface area contributed by atoms with E-state index in [9.17, 15) is 0 Å². The van der Waals surface area contributed by atoms with Gasteiger partial charge in [0.2, 0.25) is 0 Å². The Labute approximate surface area is 87.6 Å². The van der Waals surface area contributed by atoms with Crippen LogP contribution in [-0.2, 0) is 0 Å². The highest BCUT2D eigenvalue weighted by molar-refractivity contribution is 6.31. The molecule has 0 amide bonds. The summed E-state index contributed by atoms with van der Waals surface area (Å²) in [5.74, 6) is 0.835. The van der Waals surface area contributed by atoms with E-state index < -0.39 is 0 Å². The first kappa shape index (κ1) is 9.56. The van der Waals surface area contributed by atoms with Crippen LogP contribution in [0.5, 0.6) is 0 Å². The minimum absolute atomic E-state index is 0.0822. The Morgan fingerprint density at radius 1 is 1.43 bits per heavy atom. The predicted molar refractivity (Wildman–Crippen MR) is 58.6 cm³/mol. The molecule has 2 rings (SSSR count). The van der Waals surface area contributed by atoms with Gasteiger partial charge in [0.1, 0.15) is 11.3 Å². The zero-order chi connectivity index (χ0) is 10.3. The number of benzene rings is 1. The topological polar surface area (TPSA) is 39.2 Å². The van der Waals surface area contributed by atoms with Gasteiger partial charge in [-0.1, -0.05) is 11.6 Å².